The summed E-state index contributed by atoms with van der Waals surface area (Å²) in [6.07, 6.45) is 0. The van der Waals surface area contributed by atoms with Crippen LogP contribution < -0.4 is 11.1 Å². The summed E-state index contributed by atoms with van der Waals surface area (Å²) in [5.41, 5.74) is 7.83. The third-order valence-electron chi connectivity index (χ3n) is 2.66. The molecule has 3 nitrogen and oxygen atoms in total. The summed E-state index contributed by atoms with van der Waals surface area (Å²) in [6, 6.07) is 16.2. The molecule has 0 radical (unpaired) electrons. The largest absolute Gasteiger partial charge is 0.370 e. The molecular weight excluding hydrogens is 241 g/mol. The molecule has 0 amide bonds. The highest BCUT2D eigenvalue weighted by Crippen LogP contribution is 2.02. The van der Waals surface area contributed by atoms with Crippen LogP contribution in [0.1, 0.15) is 11.1 Å². The zero-order valence-electron chi connectivity index (χ0n) is 10.5. The van der Waals surface area contributed by atoms with Crippen LogP contribution in [0.5, 0.6) is 0 Å². The minimum Gasteiger partial charge on any atom is -0.370 e. The normalized spacial score (nSPS) is 11.3. The molecule has 0 aliphatic carbocycles. The van der Waals surface area contributed by atoms with E-state index in [0.717, 1.165) is 11.1 Å². The number of guanidine groups is 1. The molecule has 0 unspecified atom stereocenters. The lowest BCUT2D eigenvalue weighted by Gasteiger charge is -2.05. The fourth-order valence-corrected chi connectivity index (χ4v) is 1.61. The first-order chi connectivity index (χ1) is 9.24. The molecule has 0 saturated carbocycles. The van der Waals surface area contributed by atoms with Crippen LogP contribution >= 0.6 is 0 Å². The fourth-order valence-electron chi connectivity index (χ4n) is 1.61. The van der Waals surface area contributed by atoms with Gasteiger partial charge in [0.25, 0.3) is 0 Å². The molecule has 0 spiro atoms. The maximum atomic E-state index is 12.7. The highest BCUT2D eigenvalue weighted by atomic mass is 19.1. The number of nitrogens with one attached hydrogen (secondary N) is 1. The molecule has 0 fully saturated rings. The molecule has 0 saturated heterocycles. The maximum Gasteiger partial charge on any atom is 0.189 e. The van der Waals surface area contributed by atoms with Gasteiger partial charge in [-0.05, 0) is 23.3 Å². The van der Waals surface area contributed by atoms with Crippen molar-refractivity contribution in [3.8, 4) is 0 Å². The Kier molecular flexibility index (Phi) is 4.50. The van der Waals surface area contributed by atoms with E-state index in [1.165, 1.54) is 12.1 Å². The van der Waals surface area contributed by atoms with E-state index in [4.69, 9.17) is 5.73 Å². The number of hydrogen-bond donors (Lipinski definition) is 2. The topological polar surface area (TPSA) is 50.4 Å². The van der Waals surface area contributed by atoms with E-state index in [2.05, 4.69) is 10.3 Å². The van der Waals surface area contributed by atoms with Crippen molar-refractivity contribution in [1.29, 1.82) is 0 Å². The second kappa shape index (κ2) is 6.54. The average Bonchev–Trinajstić information content (AvgIpc) is 2.45. The smallest absolute Gasteiger partial charge is 0.189 e. The molecule has 19 heavy (non-hydrogen) atoms. The SMILES string of the molecule is NC(=NCc1ccccc1)NCc1ccc(F)cc1. The number of aliphatic imine (C=N–C) groups is 1. The Balaban J connectivity index is 1.84. The minimum absolute atomic E-state index is 0.241. The molecule has 2 aromatic rings. The van der Waals surface area contributed by atoms with E-state index in [1.807, 2.05) is 30.3 Å². The Morgan fingerprint density at radius 1 is 1.00 bits per heavy atom. The monoisotopic (exact) mass is 257 g/mol. The molecule has 3 N–H and O–H groups in total. The van der Waals surface area contributed by atoms with Crippen molar-refractivity contribution in [2.45, 2.75) is 13.1 Å². The van der Waals surface area contributed by atoms with Crippen molar-refractivity contribution in [1.82, 2.24) is 5.32 Å². The van der Waals surface area contributed by atoms with Crippen LogP contribution in [0.3, 0.4) is 0 Å². The van der Waals surface area contributed by atoms with Crippen molar-refractivity contribution in [3.05, 3.63) is 71.5 Å². The first kappa shape index (κ1) is 13.1. The Bertz CT molecular complexity index is 535. The highest BCUT2D eigenvalue weighted by molar-refractivity contribution is 5.77. The Labute approximate surface area is 112 Å². The molecule has 0 atom stereocenters. The number of benzene rings is 2. The van der Waals surface area contributed by atoms with E-state index in [9.17, 15) is 4.39 Å². The van der Waals surface area contributed by atoms with E-state index in [-0.39, 0.29) is 5.82 Å². The van der Waals surface area contributed by atoms with E-state index in [0.29, 0.717) is 19.0 Å². The summed E-state index contributed by atoms with van der Waals surface area (Å²) in [7, 11) is 0. The summed E-state index contributed by atoms with van der Waals surface area (Å²) in [6.45, 7) is 1.08. The van der Waals surface area contributed by atoms with Gasteiger partial charge in [-0.25, -0.2) is 9.38 Å². The van der Waals surface area contributed by atoms with Gasteiger partial charge in [-0.1, -0.05) is 42.5 Å². The first-order valence-corrected chi connectivity index (χ1v) is 6.06. The standard InChI is InChI=1S/C15H16FN3/c16-14-8-6-13(7-9-14)11-19-15(17)18-10-12-4-2-1-3-5-12/h1-9H,10-11H2,(H3,17,18,19). The Hall–Kier alpha value is -2.36. The zero-order chi connectivity index (χ0) is 13.5. The van der Waals surface area contributed by atoms with E-state index < -0.39 is 0 Å². The van der Waals surface area contributed by atoms with Gasteiger partial charge in [0.15, 0.2) is 5.96 Å². The molecule has 0 heterocycles. The zero-order valence-corrected chi connectivity index (χ0v) is 10.5. The minimum atomic E-state index is -0.241. The molecule has 2 rings (SSSR count). The summed E-state index contributed by atoms with van der Waals surface area (Å²) in [5.74, 6) is 0.141. The molecule has 0 aliphatic heterocycles. The number of halogens is 1. The predicted octanol–water partition coefficient (Wildman–Crippen LogP) is 2.43. The summed E-state index contributed by atoms with van der Waals surface area (Å²) in [5, 5.41) is 2.99. The maximum absolute atomic E-state index is 12.7. The van der Waals surface area contributed by atoms with Crippen LogP contribution in [0.2, 0.25) is 0 Å². The highest BCUT2D eigenvalue weighted by Gasteiger charge is 1.96. The molecule has 2 aromatic carbocycles. The lowest BCUT2D eigenvalue weighted by atomic mass is 10.2. The summed E-state index contributed by atoms with van der Waals surface area (Å²) < 4.78 is 12.7. The van der Waals surface area contributed by atoms with Crippen molar-refractivity contribution >= 4 is 5.96 Å². The van der Waals surface area contributed by atoms with Crippen LogP contribution in [0.25, 0.3) is 0 Å². The van der Waals surface area contributed by atoms with Gasteiger partial charge in [-0.15, -0.1) is 0 Å². The van der Waals surface area contributed by atoms with Crippen molar-refractivity contribution in [2.75, 3.05) is 0 Å². The second-order valence-electron chi connectivity index (χ2n) is 4.17. The number of rotatable bonds is 4. The first-order valence-electron chi connectivity index (χ1n) is 6.06. The fraction of sp³-hybridized carbons (Fsp3) is 0.133. The van der Waals surface area contributed by atoms with Crippen LogP contribution in [0.15, 0.2) is 59.6 Å². The number of hydrogen-bond acceptors (Lipinski definition) is 1. The van der Waals surface area contributed by atoms with E-state index in [1.54, 1.807) is 12.1 Å². The molecular formula is C15H16FN3. The van der Waals surface area contributed by atoms with Gasteiger partial charge in [0.1, 0.15) is 5.82 Å². The van der Waals surface area contributed by atoms with E-state index >= 15 is 0 Å². The summed E-state index contributed by atoms with van der Waals surface area (Å²) >= 11 is 0. The average molecular weight is 257 g/mol. The van der Waals surface area contributed by atoms with Crippen LogP contribution in [-0.4, -0.2) is 5.96 Å². The van der Waals surface area contributed by atoms with Crippen LogP contribution in [0.4, 0.5) is 4.39 Å². The van der Waals surface area contributed by atoms with Crippen molar-refractivity contribution in [2.24, 2.45) is 10.7 Å². The van der Waals surface area contributed by atoms with Crippen LogP contribution in [-0.2, 0) is 13.1 Å². The van der Waals surface area contributed by atoms with Gasteiger partial charge in [0.05, 0.1) is 6.54 Å². The second-order valence-corrected chi connectivity index (χ2v) is 4.17. The Morgan fingerprint density at radius 2 is 1.68 bits per heavy atom. The third-order valence-corrected chi connectivity index (χ3v) is 2.66. The molecule has 0 bridgehead atoms. The van der Waals surface area contributed by atoms with Crippen molar-refractivity contribution in [3.63, 3.8) is 0 Å². The lowest BCUT2D eigenvalue weighted by Crippen LogP contribution is -2.31. The lowest BCUT2D eigenvalue weighted by molar-refractivity contribution is 0.626. The Morgan fingerprint density at radius 3 is 2.37 bits per heavy atom. The van der Waals surface area contributed by atoms with Crippen molar-refractivity contribution < 1.29 is 4.39 Å². The van der Waals surface area contributed by atoms with Gasteiger partial charge < -0.3 is 11.1 Å². The molecule has 0 aromatic heterocycles. The predicted molar refractivity (Wildman–Crippen MR) is 75.0 cm³/mol. The van der Waals surface area contributed by atoms with Gasteiger partial charge in [0, 0.05) is 6.54 Å². The van der Waals surface area contributed by atoms with Gasteiger partial charge >= 0.3 is 0 Å². The summed E-state index contributed by atoms with van der Waals surface area (Å²) in [4.78, 5) is 4.24. The quantitative estimate of drug-likeness (QED) is 0.653. The number of nitrogens with two attached hydrogens (primary N) is 1. The molecule has 98 valence electrons. The van der Waals surface area contributed by atoms with Crippen LogP contribution in [0, 0.1) is 5.82 Å². The molecule has 0 aliphatic rings. The third kappa shape index (κ3) is 4.43. The number of nitrogens with zero attached hydrogens (tertiary/aromatic N) is 1. The van der Waals surface area contributed by atoms with Gasteiger partial charge in [-0.2, -0.15) is 0 Å². The van der Waals surface area contributed by atoms with Gasteiger partial charge in [0.2, 0.25) is 0 Å². The molecule has 4 heteroatoms. The van der Waals surface area contributed by atoms with Gasteiger partial charge in [-0.3, -0.25) is 0 Å².